The molecule has 0 unspecified atom stereocenters. The average molecular weight is 129 g/mol. The van der Waals surface area contributed by atoms with E-state index in [0.29, 0.717) is 5.92 Å². The minimum Gasteiger partial charge on any atom is -0.375 e. The Morgan fingerprint density at radius 2 is 2.33 bits per heavy atom. The Labute approximate surface area is 56.4 Å². The molecule has 1 aliphatic heterocycles. The minimum atomic E-state index is 0.0873. The largest absolute Gasteiger partial charge is 0.375 e. The van der Waals surface area contributed by atoms with Crippen LogP contribution in [-0.2, 0) is 4.74 Å². The van der Waals surface area contributed by atoms with Gasteiger partial charge in [0.25, 0.3) is 0 Å². The van der Waals surface area contributed by atoms with E-state index in [0.717, 1.165) is 19.6 Å². The molecule has 1 saturated heterocycles. The molecule has 0 aromatic heterocycles. The predicted octanol–water partition coefficient (Wildman–Crippen LogP) is 0.760. The van der Waals surface area contributed by atoms with Crippen LogP contribution in [0.25, 0.3) is 0 Å². The molecule has 1 rings (SSSR count). The predicted molar refractivity (Wildman–Crippen MR) is 37.2 cm³/mol. The highest BCUT2D eigenvalue weighted by atomic mass is 16.5. The van der Waals surface area contributed by atoms with Gasteiger partial charge in [-0.25, -0.2) is 0 Å². The molecule has 1 fully saturated rings. The fourth-order valence-corrected chi connectivity index (χ4v) is 1.31. The Balaban J connectivity index is 2.38. The van der Waals surface area contributed by atoms with Crippen LogP contribution in [0.15, 0.2) is 0 Å². The summed E-state index contributed by atoms with van der Waals surface area (Å²) in [6.45, 7) is 5.85. The second-order valence-electron chi connectivity index (χ2n) is 3.38. The third-order valence-corrected chi connectivity index (χ3v) is 1.82. The summed E-state index contributed by atoms with van der Waals surface area (Å²) in [5.74, 6) is 0.597. The van der Waals surface area contributed by atoms with E-state index in [4.69, 9.17) is 10.5 Å². The monoisotopic (exact) mass is 129 g/mol. The van der Waals surface area contributed by atoms with Crippen LogP contribution in [0.4, 0.5) is 0 Å². The third kappa shape index (κ3) is 1.66. The third-order valence-electron chi connectivity index (χ3n) is 1.82. The molecule has 0 amide bonds. The lowest BCUT2D eigenvalue weighted by molar-refractivity contribution is 0.0352. The molecule has 0 saturated carbocycles. The first kappa shape index (κ1) is 7.03. The van der Waals surface area contributed by atoms with Crippen molar-refractivity contribution in [3.05, 3.63) is 0 Å². The Morgan fingerprint density at radius 3 is 2.56 bits per heavy atom. The highest BCUT2D eigenvalue weighted by molar-refractivity contribution is 4.80. The summed E-state index contributed by atoms with van der Waals surface area (Å²) in [4.78, 5) is 0. The van der Waals surface area contributed by atoms with Crippen molar-refractivity contribution in [2.45, 2.75) is 25.9 Å². The van der Waals surface area contributed by atoms with Crippen LogP contribution in [0.1, 0.15) is 20.3 Å². The Hall–Kier alpha value is -0.0800. The lowest BCUT2D eigenvalue weighted by atomic mass is 9.98. The van der Waals surface area contributed by atoms with Gasteiger partial charge in [0.15, 0.2) is 0 Å². The van der Waals surface area contributed by atoms with Crippen LogP contribution in [0.2, 0.25) is 0 Å². The Morgan fingerprint density at radius 1 is 1.67 bits per heavy atom. The summed E-state index contributed by atoms with van der Waals surface area (Å²) in [5.41, 5.74) is 5.56. The zero-order valence-corrected chi connectivity index (χ0v) is 6.18. The minimum absolute atomic E-state index is 0.0873. The fourth-order valence-electron chi connectivity index (χ4n) is 1.31. The van der Waals surface area contributed by atoms with Crippen LogP contribution in [-0.4, -0.2) is 18.8 Å². The van der Waals surface area contributed by atoms with E-state index in [2.05, 4.69) is 13.8 Å². The maximum absolute atomic E-state index is 5.47. The molecular formula is C7H15NO. The molecule has 1 heterocycles. The molecule has 0 radical (unpaired) electrons. The number of ether oxygens (including phenoxy) is 1. The van der Waals surface area contributed by atoms with Gasteiger partial charge in [0.2, 0.25) is 0 Å². The maximum atomic E-state index is 5.47. The van der Waals surface area contributed by atoms with Crippen molar-refractivity contribution in [1.29, 1.82) is 0 Å². The summed E-state index contributed by atoms with van der Waals surface area (Å²) < 4.78 is 5.46. The van der Waals surface area contributed by atoms with Crippen LogP contribution in [0.5, 0.6) is 0 Å². The maximum Gasteiger partial charge on any atom is 0.0630 e. The first-order chi connectivity index (χ1) is 4.14. The SMILES string of the molecule is CC1(C)C[C@H](CN)CO1. The topological polar surface area (TPSA) is 35.2 Å². The second kappa shape index (κ2) is 2.27. The number of rotatable bonds is 1. The Kier molecular flexibility index (Phi) is 1.78. The zero-order valence-electron chi connectivity index (χ0n) is 6.18. The van der Waals surface area contributed by atoms with Gasteiger partial charge in [0.05, 0.1) is 12.2 Å². The molecular weight excluding hydrogens is 114 g/mol. The molecule has 1 aliphatic rings. The van der Waals surface area contributed by atoms with E-state index in [1.54, 1.807) is 0 Å². The van der Waals surface area contributed by atoms with Crippen LogP contribution in [0, 0.1) is 5.92 Å². The van der Waals surface area contributed by atoms with Crippen LogP contribution >= 0.6 is 0 Å². The number of hydrogen-bond acceptors (Lipinski definition) is 2. The van der Waals surface area contributed by atoms with Gasteiger partial charge in [-0.3, -0.25) is 0 Å². The van der Waals surface area contributed by atoms with Gasteiger partial charge in [-0.05, 0) is 32.7 Å². The van der Waals surface area contributed by atoms with E-state index in [1.807, 2.05) is 0 Å². The van der Waals surface area contributed by atoms with Gasteiger partial charge in [0.1, 0.15) is 0 Å². The van der Waals surface area contributed by atoms with Gasteiger partial charge in [-0.2, -0.15) is 0 Å². The molecule has 0 spiro atoms. The van der Waals surface area contributed by atoms with Crippen LogP contribution < -0.4 is 5.73 Å². The first-order valence-electron chi connectivity index (χ1n) is 3.48. The molecule has 2 N–H and O–H groups in total. The van der Waals surface area contributed by atoms with Gasteiger partial charge in [0, 0.05) is 0 Å². The smallest absolute Gasteiger partial charge is 0.0630 e. The lowest BCUT2D eigenvalue weighted by Gasteiger charge is -2.15. The van der Waals surface area contributed by atoms with Crippen molar-refractivity contribution < 1.29 is 4.74 Å². The summed E-state index contributed by atoms with van der Waals surface area (Å²) >= 11 is 0. The molecule has 54 valence electrons. The number of nitrogens with two attached hydrogens (primary N) is 1. The number of hydrogen-bond donors (Lipinski definition) is 1. The van der Waals surface area contributed by atoms with E-state index in [-0.39, 0.29) is 5.60 Å². The van der Waals surface area contributed by atoms with Crippen molar-refractivity contribution in [1.82, 2.24) is 0 Å². The van der Waals surface area contributed by atoms with Crippen molar-refractivity contribution >= 4 is 0 Å². The summed E-state index contributed by atoms with van der Waals surface area (Å²) in [5, 5.41) is 0. The average Bonchev–Trinajstić information content (AvgIpc) is 2.10. The molecule has 1 atom stereocenters. The fraction of sp³-hybridized carbons (Fsp3) is 1.00. The van der Waals surface area contributed by atoms with Crippen LogP contribution in [0.3, 0.4) is 0 Å². The first-order valence-corrected chi connectivity index (χ1v) is 3.48. The Bertz CT molecular complexity index is 101. The zero-order chi connectivity index (χ0) is 6.91. The molecule has 0 aromatic carbocycles. The molecule has 9 heavy (non-hydrogen) atoms. The van der Waals surface area contributed by atoms with Gasteiger partial charge in [-0.15, -0.1) is 0 Å². The lowest BCUT2D eigenvalue weighted by Crippen LogP contribution is -2.18. The quantitative estimate of drug-likeness (QED) is 0.567. The summed E-state index contributed by atoms with van der Waals surface area (Å²) in [6.07, 6.45) is 1.11. The molecule has 2 nitrogen and oxygen atoms in total. The molecule has 0 bridgehead atoms. The van der Waals surface area contributed by atoms with Crippen molar-refractivity contribution in [3.8, 4) is 0 Å². The van der Waals surface area contributed by atoms with E-state index in [1.165, 1.54) is 0 Å². The molecule has 0 aromatic rings. The molecule has 0 aliphatic carbocycles. The van der Waals surface area contributed by atoms with Gasteiger partial charge >= 0.3 is 0 Å². The summed E-state index contributed by atoms with van der Waals surface area (Å²) in [6, 6.07) is 0. The highest BCUT2D eigenvalue weighted by Gasteiger charge is 2.30. The summed E-state index contributed by atoms with van der Waals surface area (Å²) in [7, 11) is 0. The standard InChI is InChI=1S/C7H15NO/c1-7(2)3-6(4-8)5-9-7/h6H,3-5,8H2,1-2H3/t6-/m1/s1. The normalized spacial score (nSPS) is 33.0. The van der Waals surface area contributed by atoms with E-state index < -0.39 is 0 Å². The van der Waals surface area contributed by atoms with Crippen molar-refractivity contribution in [2.24, 2.45) is 11.7 Å². The highest BCUT2D eigenvalue weighted by Crippen LogP contribution is 2.27. The van der Waals surface area contributed by atoms with E-state index in [9.17, 15) is 0 Å². The van der Waals surface area contributed by atoms with E-state index >= 15 is 0 Å². The van der Waals surface area contributed by atoms with Gasteiger partial charge in [-0.1, -0.05) is 0 Å². The van der Waals surface area contributed by atoms with Gasteiger partial charge < -0.3 is 10.5 Å². The van der Waals surface area contributed by atoms with Crippen molar-refractivity contribution in [3.63, 3.8) is 0 Å². The second-order valence-corrected chi connectivity index (χ2v) is 3.38. The van der Waals surface area contributed by atoms with Crippen molar-refractivity contribution in [2.75, 3.05) is 13.2 Å². The molecule has 2 heteroatoms.